The summed E-state index contributed by atoms with van der Waals surface area (Å²) in [7, 11) is 0. The molecule has 1 saturated heterocycles. The molecule has 3 N–H and O–H groups in total. The molecule has 2 amide bonds. The predicted octanol–water partition coefficient (Wildman–Crippen LogP) is 1.00. The van der Waals surface area contributed by atoms with Crippen molar-refractivity contribution in [3.8, 4) is 0 Å². The van der Waals surface area contributed by atoms with Crippen molar-refractivity contribution in [3.05, 3.63) is 29.3 Å². The van der Waals surface area contributed by atoms with Crippen LogP contribution in [0.3, 0.4) is 0 Å². The lowest BCUT2D eigenvalue weighted by Crippen LogP contribution is -2.41. The zero-order chi connectivity index (χ0) is 16.1. The maximum absolute atomic E-state index is 12.6. The van der Waals surface area contributed by atoms with Gasteiger partial charge in [-0.25, -0.2) is 0 Å². The molecule has 0 saturated carbocycles. The number of amides is 2. The van der Waals surface area contributed by atoms with Gasteiger partial charge in [-0.15, -0.1) is 0 Å². The molecule has 1 aliphatic heterocycles. The Balaban J connectivity index is 2.18. The zero-order valence-corrected chi connectivity index (χ0v) is 13.1. The average molecular weight is 305 g/mol. The van der Waals surface area contributed by atoms with Gasteiger partial charge in [0.15, 0.2) is 0 Å². The molecule has 6 heteroatoms. The van der Waals surface area contributed by atoms with E-state index in [0.29, 0.717) is 37.6 Å². The van der Waals surface area contributed by atoms with Gasteiger partial charge in [0.05, 0.1) is 13.2 Å². The van der Waals surface area contributed by atoms with E-state index in [0.717, 1.165) is 5.56 Å². The van der Waals surface area contributed by atoms with Crippen LogP contribution in [0.2, 0.25) is 0 Å². The molecule has 0 spiro atoms. The number of anilines is 1. The van der Waals surface area contributed by atoms with Gasteiger partial charge in [-0.3, -0.25) is 9.59 Å². The van der Waals surface area contributed by atoms with Gasteiger partial charge < -0.3 is 20.7 Å². The molecule has 1 fully saturated rings. The highest BCUT2D eigenvalue weighted by Gasteiger charge is 2.21. The molecule has 0 aliphatic carbocycles. The molecule has 0 aromatic heterocycles. The number of benzene rings is 1. The van der Waals surface area contributed by atoms with Crippen molar-refractivity contribution in [2.75, 3.05) is 38.2 Å². The van der Waals surface area contributed by atoms with Crippen molar-refractivity contribution in [2.45, 2.75) is 13.8 Å². The first-order valence-electron chi connectivity index (χ1n) is 7.52. The molecule has 0 radical (unpaired) electrons. The fourth-order valence-corrected chi connectivity index (χ4v) is 2.30. The number of ether oxygens (including phenoxy) is 1. The quantitative estimate of drug-likeness (QED) is 0.869. The van der Waals surface area contributed by atoms with E-state index in [9.17, 15) is 9.59 Å². The smallest absolute Gasteiger partial charge is 0.254 e. The van der Waals surface area contributed by atoms with Crippen LogP contribution in [0.1, 0.15) is 22.8 Å². The van der Waals surface area contributed by atoms with Crippen LogP contribution in [0.5, 0.6) is 0 Å². The Bertz CT molecular complexity index is 554. The van der Waals surface area contributed by atoms with E-state index in [-0.39, 0.29) is 24.3 Å². The Kier molecular flexibility index (Phi) is 5.51. The first kappa shape index (κ1) is 16.5. The summed E-state index contributed by atoms with van der Waals surface area (Å²) < 4.78 is 5.27. The van der Waals surface area contributed by atoms with E-state index in [1.165, 1.54) is 0 Å². The molecule has 120 valence electrons. The summed E-state index contributed by atoms with van der Waals surface area (Å²) in [6.07, 6.45) is 0. The first-order valence-corrected chi connectivity index (χ1v) is 7.52. The maximum atomic E-state index is 12.6. The number of morpholine rings is 1. The fourth-order valence-electron chi connectivity index (χ4n) is 2.30. The van der Waals surface area contributed by atoms with Crippen molar-refractivity contribution >= 4 is 17.5 Å². The number of nitrogens with one attached hydrogen (secondary N) is 1. The maximum Gasteiger partial charge on any atom is 0.254 e. The van der Waals surface area contributed by atoms with Gasteiger partial charge >= 0.3 is 0 Å². The van der Waals surface area contributed by atoms with Crippen LogP contribution in [-0.2, 0) is 9.53 Å². The SMILES string of the molecule is Cc1c(NC(=O)C(C)CN)cccc1C(=O)N1CCOCC1. The van der Waals surface area contributed by atoms with Crippen molar-refractivity contribution < 1.29 is 14.3 Å². The summed E-state index contributed by atoms with van der Waals surface area (Å²) in [4.78, 5) is 26.3. The summed E-state index contributed by atoms with van der Waals surface area (Å²) in [5.41, 5.74) is 7.55. The highest BCUT2D eigenvalue weighted by atomic mass is 16.5. The van der Waals surface area contributed by atoms with Crippen LogP contribution >= 0.6 is 0 Å². The van der Waals surface area contributed by atoms with Gasteiger partial charge in [0.25, 0.3) is 5.91 Å². The minimum Gasteiger partial charge on any atom is -0.378 e. The predicted molar refractivity (Wildman–Crippen MR) is 84.7 cm³/mol. The molecule has 1 atom stereocenters. The largest absolute Gasteiger partial charge is 0.378 e. The van der Waals surface area contributed by atoms with Crippen LogP contribution in [0.4, 0.5) is 5.69 Å². The lowest BCUT2D eigenvalue weighted by atomic mass is 10.0. The molecular formula is C16H23N3O3. The summed E-state index contributed by atoms with van der Waals surface area (Å²) in [5, 5.41) is 2.84. The van der Waals surface area contributed by atoms with Gasteiger partial charge in [0.2, 0.25) is 5.91 Å². The number of nitrogens with zero attached hydrogens (tertiary/aromatic N) is 1. The van der Waals surface area contributed by atoms with Crippen molar-refractivity contribution in [2.24, 2.45) is 11.7 Å². The third-order valence-electron chi connectivity index (χ3n) is 3.92. The lowest BCUT2D eigenvalue weighted by molar-refractivity contribution is -0.119. The van der Waals surface area contributed by atoms with E-state index < -0.39 is 0 Å². The fraction of sp³-hybridized carbons (Fsp3) is 0.500. The van der Waals surface area contributed by atoms with Crippen LogP contribution in [0.25, 0.3) is 0 Å². The first-order chi connectivity index (χ1) is 10.5. The summed E-state index contributed by atoms with van der Waals surface area (Å²) in [5.74, 6) is -0.427. The molecule has 0 bridgehead atoms. The van der Waals surface area contributed by atoms with Gasteiger partial charge in [-0.1, -0.05) is 13.0 Å². The summed E-state index contributed by atoms with van der Waals surface area (Å²) in [6, 6.07) is 5.37. The number of hydrogen-bond acceptors (Lipinski definition) is 4. The van der Waals surface area contributed by atoms with Crippen LogP contribution in [0, 0.1) is 12.8 Å². The molecule has 1 aromatic carbocycles. The lowest BCUT2D eigenvalue weighted by Gasteiger charge is -2.27. The molecule has 22 heavy (non-hydrogen) atoms. The zero-order valence-electron chi connectivity index (χ0n) is 13.1. The topological polar surface area (TPSA) is 84.7 Å². The Morgan fingerprint density at radius 2 is 2.05 bits per heavy atom. The number of carbonyl (C=O) groups is 2. The van der Waals surface area contributed by atoms with Gasteiger partial charge in [-0.2, -0.15) is 0 Å². The number of nitrogens with two attached hydrogens (primary N) is 1. The van der Waals surface area contributed by atoms with Crippen molar-refractivity contribution in [3.63, 3.8) is 0 Å². The molecule has 1 aliphatic rings. The van der Waals surface area contributed by atoms with E-state index in [4.69, 9.17) is 10.5 Å². The van der Waals surface area contributed by atoms with Crippen molar-refractivity contribution in [1.82, 2.24) is 4.90 Å². The molecule has 1 heterocycles. The summed E-state index contributed by atoms with van der Waals surface area (Å²) >= 11 is 0. The van der Waals surface area contributed by atoms with E-state index in [1.54, 1.807) is 30.0 Å². The summed E-state index contributed by atoms with van der Waals surface area (Å²) in [6.45, 7) is 6.23. The van der Waals surface area contributed by atoms with E-state index >= 15 is 0 Å². The molecule has 2 rings (SSSR count). The molecule has 1 aromatic rings. The monoisotopic (exact) mass is 305 g/mol. The number of carbonyl (C=O) groups excluding carboxylic acids is 2. The van der Waals surface area contributed by atoms with Gasteiger partial charge in [-0.05, 0) is 24.6 Å². The Morgan fingerprint density at radius 3 is 2.68 bits per heavy atom. The highest BCUT2D eigenvalue weighted by Crippen LogP contribution is 2.21. The number of hydrogen-bond donors (Lipinski definition) is 2. The minimum absolute atomic E-state index is 0.0243. The van der Waals surface area contributed by atoms with Crippen LogP contribution in [0.15, 0.2) is 18.2 Å². The van der Waals surface area contributed by atoms with Crippen LogP contribution < -0.4 is 11.1 Å². The molecule has 6 nitrogen and oxygen atoms in total. The van der Waals surface area contributed by atoms with E-state index in [2.05, 4.69) is 5.32 Å². The standard InChI is InChI=1S/C16H23N3O3/c1-11(10-17)15(20)18-14-5-3-4-13(12(14)2)16(21)19-6-8-22-9-7-19/h3-5,11H,6-10,17H2,1-2H3,(H,18,20). The van der Waals surface area contributed by atoms with Gasteiger partial charge in [0, 0.05) is 36.8 Å². The Morgan fingerprint density at radius 1 is 1.36 bits per heavy atom. The normalized spacial score (nSPS) is 16.2. The average Bonchev–Trinajstić information content (AvgIpc) is 2.56. The van der Waals surface area contributed by atoms with Crippen LogP contribution in [-0.4, -0.2) is 49.6 Å². The molecule has 1 unspecified atom stereocenters. The second kappa shape index (κ2) is 7.38. The van der Waals surface area contributed by atoms with Crippen molar-refractivity contribution in [1.29, 1.82) is 0 Å². The second-order valence-corrected chi connectivity index (χ2v) is 5.51. The third kappa shape index (κ3) is 3.64. The number of rotatable bonds is 4. The van der Waals surface area contributed by atoms with Gasteiger partial charge in [0.1, 0.15) is 0 Å². The minimum atomic E-state index is -0.266. The highest BCUT2D eigenvalue weighted by molar-refractivity contribution is 5.99. The Labute approximate surface area is 130 Å². The molecular weight excluding hydrogens is 282 g/mol. The second-order valence-electron chi connectivity index (χ2n) is 5.51. The Hall–Kier alpha value is -1.92. The third-order valence-corrected chi connectivity index (χ3v) is 3.92. The van der Waals surface area contributed by atoms with E-state index in [1.807, 2.05) is 6.92 Å².